The fourth-order valence-corrected chi connectivity index (χ4v) is 2.30. The lowest BCUT2D eigenvalue weighted by Gasteiger charge is -1.98. The van der Waals surface area contributed by atoms with E-state index < -0.39 is 0 Å². The molecule has 60 valence electrons. The van der Waals surface area contributed by atoms with Crippen LogP contribution in [0.4, 0.5) is 0 Å². The monoisotopic (exact) mass is 239 g/mol. The van der Waals surface area contributed by atoms with Crippen LogP contribution in [0.5, 0.6) is 0 Å². The van der Waals surface area contributed by atoms with E-state index in [-0.39, 0.29) is 0 Å². The van der Waals surface area contributed by atoms with Gasteiger partial charge in [-0.15, -0.1) is 11.3 Å². The lowest BCUT2D eigenvalue weighted by atomic mass is 10.2. The minimum atomic E-state index is 1.12. The maximum Gasteiger partial charge on any atom is 0.0797 e. The van der Waals surface area contributed by atoms with Gasteiger partial charge in [0.1, 0.15) is 0 Å². The van der Waals surface area contributed by atoms with Crippen molar-refractivity contribution < 1.29 is 0 Å². The van der Waals surface area contributed by atoms with Crippen molar-refractivity contribution in [2.45, 2.75) is 0 Å². The summed E-state index contributed by atoms with van der Waals surface area (Å²) in [6, 6.07) is 8.15. The van der Waals surface area contributed by atoms with Crippen LogP contribution in [0.3, 0.4) is 0 Å². The molecule has 0 saturated carbocycles. The third-order valence-electron chi connectivity index (χ3n) is 1.57. The topological polar surface area (TPSA) is 12.9 Å². The molecule has 12 heavy (non-hydrogen) atoms. The van der Waals surface area contributed by atoms with E-state index in [4.69, 9.17) is 0 Å². The van der Waals surface area contributed by atoms with Crippen LogP contribution in [0.15, 0.2) is 40.4 Å². The van der Waals surface area contributed by atoms with Gasteiger partial charge in [0.05, 0.1) is 10.4 Å². The molecule has 2 rings (SSSR count). The molecule has 0 fully saturated rings. The van der Waals surface area contributed by atoms with Gasteiger partial charge in [-0.2, -0.15) is 0 Å². The maximum absolute atomic E-state index is 4.04. The van der Waals surface area contributed by atoms with Crippen molar-refractivity contribution in [1.82, 2.24) is 4.98 Å². The number of aromatic nitrogens is 1. The summed E-state index contributed by atoms with van der Waals surface area (Å²) < 4.78 is 1.12. The van der Waals surface area contributed by atoms with E-state index in [0.29, 0.717) is 0 Å². The van der Waals surface area contributed by atoms with E-state index in [0.717, 1.165) is 4.47 Å². The van der Waals surface area contributed by atoms with E-state index in [9.17, 15) is 0 Å². The van der Waals surface area contributed by atoms with Crippen molar-refractivity contribution in [2.75, 3.05) is 0 Å². The molecule has 0 aliphatic heterocycles. The van der Waals surface area contributed by atoms with E-state index in [1.807, 2.05) is 29.9 Å². The normalized spacial score (nSPS) is 10.1. The minimum Gasteiger partial charge on any atom is -0.252 e. The Balaban J connectivity index is 2.55. The van der Waals surface area contributed by atoms with E-state index in [1.54, 1.807) is 11.3 Å². The van der Waals surface area contributed by atoms with Crippen LogP contribution in [-0.2, 0) is 0 Å². The Hall–Kier alpha value is -0.670. The molecule has 0 amide bonds. The summed E-state index contributed by atoms with van der Waals surface area (Å²) in [5.41, 5.74) is 3.05. The summed E-state index contributed by atoms with van der Waals surface area (Å²) in [6.07, 6.45) is 1.88. The molecule has 0 aliphatic carbocycles. The Morgan fingerprint density at radius 3 is 2.75 bits per heavy atom. The molecule has 0 aliphatic rings. The molecule has 0 saturated heterocycles. The predicted molar refractivity (Wildman–Crippen MR) is 55.3 cm³/mol. The zero-order chi connectivity index (χ0) is 8.39. The van der Waals surface area contributed by atoms with Gasteiger partial charge in [0.25, 0.3) is 0 Å². The fourth-order valence-electron chi connectivity index (χ4n) is 1.01. The van der Waals surface area contributed by atoms with Crippen molar-refractivity contribution in [2.24, 2.45) is 0 Å². The fraction of sp³-hybridized carbons (Fsp3) is 0. The summed E-state index contributed by atoms with van der Waals surface area (Å²) in [5.74, 6) is 0. The molecule has 1 aromatic carbocycles. The number of nitrogens with zero attached hydrogens (tertiary/aromatic N) is 1. The molecule has 1 aromatic heterocycles. The molecule has 2 aromatic rings. The molecule has 0 bridgehead atoms. The molecule has 0 atom stereocenters. The standard InChI is InChI=1S/C9H6BrNS/c10-8-4-2-1-3-7(8)9-5-11-6-12-9/h1-6H. The van der Waals surface area contributed by atoms with Crippen LogP contribution in [0.25, 0.3) is 10.4 Å². The SMILES string of the molecule is Brc1ccccc1-c1cncs1. The molecular weight excluding hydrogens is 234 g/mol. The molecule has 1 nitrogen and oxygen atoms in total. The highest BCUT2D eigenvalue weighted by molar-refractivity contribution is 9.10. The quantitative estimate of drug-likeness (QED) is 0.742. The third kappa shape index (κ3) is 1.42. The van der Waals surface area contributed by atoms with Crippen molar-refractivity contribution in [1.29, 1.82) is 0 Å². The molecule has 1 heterocycles. The van der Waals surface area contributed by atoms with Crippen molar-refractivity contribution in [3.8, 4) is 10.4 Å². The second-order valence-corrected chi connectivity index (χ2v) is 4.09. The lowest BCUT2D eigenvalue weighted by molar-refractivity contribution is 1.42. The molecular formula is C9H6BrNS. The predicted octanol–water partition coefficient (Wildman–Crippen LogP) is 3.57. The van der Waals surface area contributed by atoms with Crippen molar-refractivity contribution in [3.05, 3.63) is 40.4 Å². The van der Waals surface area contributed by atoms with E-state index in [1.165, 1.54) is 10.4 Å². The molecule has 0 unspecified atom stereocenters. The van der Waals surface area contributed by atoms with Gasteiger partial charge in [0.2, 0.25) is 0 Å². The Labute approximate surface area is 83.2 Å². The molecule has 3 heteroatoms. The number of hydrogen-bond acceptors (Lipinski definition) is 2. The zero-order valence-corrected chi connectivity index (χ0v) is 8.60. The smallest absolute Gasteiger partial charge is 0.0797 e. The first kappa shape index (κ1) is 7.95. The first-order valence-corrected chi connectivity index (χ1v) is 5.18. The first-order chi connectivity index (χ1) is 5.88. The summed E-state index contributed by atoms with van der Waals surface area (Å²) in [4.78, 5) is 5.23. The zero-order valence-electron chi connectivity index (χ0n) is 6.20. The van der Waals surface area contributed by atoms with E-state index in [2.05, 4.69) is 27.0 Å². The highest BCUT2D eigenvalue weighted by Gasteiger charge is 2.01. The number of thiazole rings is 1. The molecule has 0 spiro atoms. The molecule has 0 N–H and O–H groups in total. The highest BCUT2D eigenvalue weighted by atomic mass is 79.9. The van der Waals surface area contributed by atoms with Crippen LogP contribution in [0, 0.1) is 0 Å². The Kier molecular flexibility index (Phi) is 2.23. The maximum atomic E-state index is 4.04. The van der Waals surface area contributed by atoms with Gasteiger partial charge in [0.15, 0.2) is 0 Å². The number of rotatable bonds is 1. The van der Waals surface area contributed by atoms with Crippen molar-refractivity contribution in [3.63, 3.8) is 0 Å². The highest BCUT2D eigenvalue weighted by Crippen LogP contribution is 2.29. The average Bonchev–Trinajstić information content (AvgIpc) is 2.57. The summed E-state index contributed by atoms with van der Waals surface area (Å²) in [7, 11) is 0. The number of benzene rings is 1. The average molecular weight is 240 g/mol. The van der Waals surface area contributed by atoms with Gasteiger partial charge < -0.3 is 0 Å². The summed E-state index contributed by atoms with van der Waals surface area (Å²) in [5, 5.41) is 0. The second-order valence-electron chi connectivity index (χ2n) is 2.35. The van der Waals surface area contributed by atoms with Crippen LogP contribution in [-0.4, -0.2) is 4.98 Å². The minimum absolute atomic E-state index is 1.12. The van der Waals surface area contributed by atoms with Gasteiger partial charge in [-0.25, -0.2) is 0 Å². The Bertz CT molecular complexity index is 370. The summed E-state index contributed by atoms with van der Waals surface area (Å²) >= 11 is 5.15. The van der Waals surface area contributed by atoms with Gasteiger partial charge in [-0.1, -0.05) is 34.1 Å². The Morgan fingerprint density at radius 2 is 2.08 bits per heavy atom. The van der Waals surface area contributed by atoms with Gasteiger partial charge in [-0.3, -0.25) is 4.98 Å². The van der Waals surface area contributed by atoms with Gasteiger partial charge >= 0.3 is 0 Å². The van der Waals surface area contributed by atoms with Gasteiger partial charge in [-0.05, 0) is 6.07 Å². The van der Waals surface area contributed by atoms with Crippen LogP contribution >= 0.6 is 27.3 Å². The van der Waals surface area contributed by atoms with Crippen LogP contribution in [0.1, 0.15) is 0 Å². The molecule has 0 radical (unpaired) electrons. The van der Waals surface area contributed by atoms with Crippen LogP contribution in [0.2, 0.25) is 0 Å². The Morgan fingerprint density at radius 1 is 1.25 bits per heavy atom. The second kappa shape index (κ2) is 3.37. The summed E-state index contributed by atoms with van der Waals surface area (Å²) in [6.45, 7) is 0. The van der Waals surface area contributed by atoms with Crippen molar-refractivity contribution >= 4 is 27.3 Å². The lowest BCUT2D eigenvalue weighted by Crippen LogP contribution is -1.72. The number of hydrogen-bond donors (Lipinski definition) is 0. The number of halogens is 1. The largest absolute Gasteiger partial charge is 0.252 e. The third-order valence-corrected chi connectivity index (χ3v) is 3.07. The van der Waals surface area contributed by atoms with Crippen LogP contribution < -0.4 is 0 Å². The van der Waals surface area contributed by atoms with E-state index >= 15 is 0 Å². The first-order valence-electron chi connectivity index (χ1n) is 3.51. The van der Waals surface area contributed by atoms with Gasteiger partial charge in [0, 0.05) is 16.2 Å².